The Kier molecular flexibility index (Phi) is 8.87. The Morgan fingerprint density at radius 1 is 0.267 bits per heavy atom. The van der Waals surface area contributed by atoms with Crippen LogP contribution in [0.3, 0.4) is 0 Å². The molecule has 2 heteroatoms. The van der Waals surface area contributed by atoms with Crippen molar-refractivity contribution >= 4 is 49.6 Å². The van der Waals surface area contributed by atoms with Crippen molar-refractivity contribution in [3.63, 3.8) is 0 Å². The maximum atomic E-state index is 2.41. The lowest BCUT2D eigenvalue weighted by Crippen LogP contribution is -2.10. The minimum Gasteiger partial charge on any atom is -0.310 e. The summed E-state index contributed by atoms with van der Waals surface area (Å²) in [5.74, 6) is 0. The molecule has 11 aromatic rings. The standard InChI is InChI=1S/C58H40N2/c1-3-13-41(14-4-1)43-25-32-49(33-26-43)59(52-20-11-19-47(39-52)42-15-5-2-6-16-42)50-34-27-44(28-35-50)48-31-38-56-55-22-9-10-24-57(55)60(58(56)40-48)51-36-29-46(30-37-51)54-23-12-18-45-17-7-8-21-53(45)54/h1-40H. The normalized spacial score (nSPS) is 11.3. The van der Waals surface area contributed by atoms with Crippen LogP contribution in [0.5, 0.6) is 0 Å². The zero-order valence-electron chi connectivity index (χ0n) is 33.0. The number of fused-ring (bicyclic) bond motifs is 4. The van der Waals surface area contributed by atoms with Crippen molar-refractivity contribution in [3.05, 3.63) is 243 Å². The molecule has 0 aliphatic rings. The molecule has 0 aliphatic carbocycles. The first-order chi connectivity index (χ1) is 29.7. The van der Waals surface area contributed by atoms with Crippen LogP contribution in [-0.4, -0.2) is 4.57 Å². The Balaban J connectivity index is 0.977. The van der Waals surface area contributed by atoms with E-state index in [2.05, 4.69) is 252 Å². The van der Waals surface area contributed by atoms with E-state index in [0.717, 1.165) is 22.7 Å². The summed E-state index contributed by atoms with van der Waals surface area (Å²) < 4.78 is 2.41. The second kappa shape index (κ2) is 15.1. The van der Waals surface area contributed by atoms with Gasteiger partial charge in [0.15, 0.2) is 0 Å². The van der Waals surface area contributed by atoms with Gasteiger partial charge in [-0.15, -0.1) is 0 Å². The molecular formula is C58H40N2. The Morgan fingerprint density at radius 2 is 0.750 bits per heavy atom. The highest BCUT2D eigenvalue weighted by Gasteiger charge is 2.17. The third kappa shape index (κ3) is 6.41. The van der Waals surface area contributed by atoms with E-state index in [1.807, 2.05) is 0 Å². The fourth-order valence-corrected chi connectivity index (χ4v) is 8.83. The molecule has 0 atom stereocenters. The summed E-state index contributed by atoms with van der Waals surface area (Å²) in [6.45, 7) is 0. The molecule has 0 unspecified atom stereocenters. The molecule has 0 aliphatic heterocycles. The van der Waals surface area contributed by atoms with Crippen LogP contribution < -0.4 is 4.90 Å². The molecular weight excluding hydrogens is 725 g/mol. The zero-order chi connectivity index (χ0) is 39.8. The van der Waals surface area contributed by atoms with E-state index in [9.17, 15) is 0 Å². The summed E-state index contributed by atoms with van der Waals surface area (Å²) in [6, 6.07) is 87.8. The number of hydrogen-bond donors (Lipinski definition) is 0. The minimum atomic E-state index is 1.10. The van der Waals surface area contributed by atoms with Gasteiger partial charge in [0.25, 0.3) is 0 Å². The highest BCUT2D eigenvalue weighted by atomic mass is 15.1. The van der Waals surface area contributed by atoms with Crippen LogP contribution in [0.1, 0.15) is 0 Å². The quantitative estimate of drug-likeness (QED) is 0.150. The molecule has 0 fully saturated rings. The molecule has 1 aromatic heterocycles. The van der Waals surface area contributed by atoms with Gasteiger partial charge in [-0.1, -0.05) is 182 Å². The van der Waals surface area contributed by atoms with E-state index in [1.165, 1.54) is 77.1 Å². The predicted octanol–water partition coefficient (Wildman–Crippen LogP) is 16.1. The smallest absolute Gasteiger partial charge is 0.0547 e. The van der Waals surface area contributed by atoms with Gasteiger partial charge in [-0.3, -0.25) is 0 Å². The van der Waals surface area contributed by atoms with Crippen molar-refractivity contribution in [2.24, 2.45) is 0 Å². The zero-order valence-corrected chi connectivity index (χ0v) is 33.0. The number of anilines is 3. The first-order valence-corrected chi connectivity index (χ1v) is 20.6. The molecule has 0 N–H and O–H groups in total. The van der Waals surface area contributed by atoms with Gasteiger partial charge >= 0.3 is 0 Å². The number of nitrogens with zero attached hydrogens (tertiary/aromatic N) is 2. The van der Waals surface area contributed by atoms with E-state index in [-0.39, 0.29) is 0 Å². The van der Waals surface area contributed by atoms with Crippen LogP contribution in [0.4, 0.5) is 17.1 Å². The van der Waals surface area contributed by atoms with Gasteiger partial charge in [-0.2, -0.15) is 0 Å². The average Bonchev–Trinajstić information content (AvgIpc) is 3.66. The molecule has 0 amide bonds. The van der Waals surface area contributed by atoms with E-state index in [1.54, 1.807) is 0 Å². The van der Waals surface area contributed by atoms with Crippen molar-refractivity contribution in [2.75, 3.05) is 4.90 Å². The van der Waals surface area contributed by atoms with Gasteiger partial charge in [0.2, 0.25) is 0 Å². The van der Waals surface area contributed by atoms with Crippen molar-refractivity contribution in [1.82, 2.24) is 4.57 Å². The van der Waals surface area contributed by atoms with Crippen LogP contribution in [0.15, 0.2) is 243 Å². The molecule has 282 valence electrons. The van der Waals surface area contributed by atoms with Crippen molar-refractivity contribution < 1.29 is 0 Å². The molecule has 0 radical (unpaired) electrons. The SMILES string of the molecule is c1ccc(-c2ccc(N(c3ccc(-c4ccc5c6ccccc6n(-c6ccc(-c7cccc8ccccc78)cc6)c5c4)cc3)c3cccc(-c4ccccc4)c3)cc2)cc1. The van der Waals surface area contributed by atoms with Gasteiger partial charge in [0.1, 0.15) is 0 Å². The predicted molar refractivity (Wildman–Crippen MR) is 255 cm³/mol. The van der Waals surface area contributed by atoms with Gasteiger partial charge in [0, 0.05) is 33.5 Å². The topological polar surface area (TPSA) is 8.17 Å². The van der Waals surface area contributed by atoms with Crippen molar-refractivity contribution in [2.45, 2.75) is 0 Å². The molecule has 60 heavy (non-hydrogen) atoms. The second-order valence-electron chi connectivity index (χ2n) is 15.4. The number of hydrogen-bond acceptors (Lipinski definition) is 1. The van der Waals surface area contributed by atoms with Crippen molar-refractivity contribution in [1.29, 1.82) is 0 Å². The first kappa shape index (κ1) is 35.2. The molecule has 0 bridgehead atoms. The van der Waals surface area contributed by atoms with Crippen LogP contribution in [0.2, 0.25) is 0 Å². The van der Waals surface area contributed by atoms with Crippen LogP contribution in [0, 0.1) is 0 Å². The Bertz CT molecular complexity index is 3270. The van der Waals surface area contributed by atoms with E-state index >= 15 is 0 Å². The summed E-state index contributed by atoms with van der Waals surface area (Å²) in [5, 5.41) is 5.02. The molecule has 10 aromatic carbocycles. The van der Waals surface area contributed by atoms with Gasteiger partial charge in [-0.25, -0.2) is 0 Å². The first-order valence-electron chi connectivity index (χ1n) is 20.6. The summed E-state index contributed by atoms with van der Waals surface area (Å²) in [4.78, 5) is 2.36. The van der Waals surface area contributed by atoms with Crippen molar-refractivity contribution in [3.8, 4) is 50.2 Å². The third-order valence-corrected chi connectivity index (χ3v) is 11.8. The number of benzene rings is 10. The highest BCUT2D eigenvalue weighted by molar-refractivity contribution is 6.10. The van der Waals surface area contributed by atoms with Crippen LogP contribution >= 0.6 is 0 Å². The Hall–Kier alpha value is -7.94. The second-order valence-corrected chi connectivity index (χ2v) is 15.4. The largest absolute Gasteiger partial charge is 0.310 e. The summed E-state index contributed by atoms with van der Waals surface area (Å²) in [5.41, 5.74) is 16.4. The molecule has 0 saturated heterocycles. The fraction of sp³-hybridized carbons (Fsp3) is 0. The van der Waals surface area contributed by atoms with Gasteiger partial charge in [0.05, 0.1) is 11.0 Å². The van der Waals surface area contributed by atoms with Gasteiger partial charge < -0.3 is 9.47 Å². The molecule has 0 spiro atoms. The highest BCUT2D eigenvalue weighted by Crippen LogP contribution is 2.40. The number of rotatable bonds is 8. The lowest BCUT2D eigenvalue weighted by atomic mass is 9.98. The summed E-state index contributed by atoms with van der Waals surface area (Å²) in [6.07, 6.45) is 0. The Morgan fingerprint density at radius 3 is 1.47 bits per heavy atom. The lowest BCUT2D eigenvalue weighted by Gasteiger charge is -2.26. The monoisotopic (exact) mass is 764 g/mol. The van der Waals surface area contributed by atoms with Crippen LogP contribution in [-0.2, 0) is 0 Å². The number of aromatic nitrogens is 1. The van der Waals surface area contributed by atoms with Gasteiger partial charge in [-0.05, 0) is 116 Å². The molecule has 2 nitrogen and oxygen atoms in total. The maximum Gasteiger partial charge on any atom is 0.0547 e. The third-order valence-electron chi connectivity index (χ3n) is 11.8. The van der Waals surface area contributed by atoms with E-state index in [0.29, 0.717) is 0 Å². The van der Waals surface area contributed by atoms with Crippen LogP contribution in [0.25, 0.3) is 82.8 Å². The summed E-state index contributed by atoms with van der Waals surface area (Å²) in [7, 11) is 0. The maximum absolute atomic E-state index is 2.41. The van der Waals surface area contributed by atoms with E-state index in [4.69, 9.17) is 0 Å². The summed E-state index contributed by atoms with van der Waals surface area (Å²) >= 11 is 0. The molecule has 0 saturated carbocycles. The van der Waals surface area contributed by atoms with E-state index < -0.39 is 0 Å². The minimum absolute atomic E-state index is 1.10. The number of para-hydroxylation sites is 1. The average molecular weight is 765 g/mol. The Labute approximate surface area is 350 Å². The lowest BCUT2D eigenvalue weighted by molar-refractivity contribution is 1.18. The fourth-order valence-electron chi connectivity index (χ4n) is 8.83. The molecule has 1 heterocycles. The molecule has 11 rings (SSSR count).